The summed E-state index contributed by atoms with van der Waals surface area (Å²) in [4.78, 5) is 0. The lowest BCUT2D eigenvalue weighted by molar-refractivity contribution is 0.127. The summed E-state index contributed by atoms with van der Waals surface area (Å²) >= 11 is 3.54. The van der Waals surface area contributed by atoms with Gasteiger partial charge in [0, 0.05) is 23.7 Å². The first kappa shape index (κ1) is 14.5. The molecule has 17 heavy (non-hydrogen) atoms. The second-order valence-corrected chi connectivity index (χ2v) is 5.48. The summed E-state index contributed by atoms with van der Waals surface area (Å²) in [6.07, 6.45) is 0. The van der Waals surface area contributed by atoms with E-state index in [1.165, 1.54) is 5.56 Å². The van der Waals surface area contributed by atoms with Crippen molar-refractivity contribution >= 4 is 15.9 Å². The zero-order chi connectivity index (χ0) is 12.9. The molecule has 4 heteroatoms. The number of halogens is 1. The van der Waals surface area contributed by atoms with Gasteiger partial charge in [-0.1, -0.05) is 15.9 Å². The van der Waals surface area contributed by atoms with E-state index < -0.39 is 0 Å². The normalized spacial score (nSPS) is 11.6. The molecule has 0 aliphatic heterocycles. The fourth-order valence-electron chi connectivity index (χ4n) is 1.56. The first-order valence-corrected chi connectivity index (χ1v) is 6.34. The SMILES string of the molecule is COCC(C)(C)NCc1cc(OC)ccc1Br. The predicted octanol–water partition coefficient (Wildman–Crippen LogP) is 2.97. The van der Waals surface area contributed by atoms with Crippen molar-refractivity contribution < 1.29 is 9.47 Å². The minimum absolute atomic E-state index is 0.0444. The summed E-state index contributed by atoms with van der Waals surface area (Å²) in [5.41, 5.74) is 1.13. The second-order valence-electron chi connectivity index (χ2n) is 4.63. The highest BCUT2D eigenvalue weighted by Gasteiger charge is 2.16. The van der Waals surface area contributed by atoms with E-state index in [0.717, 1.165) is 16.8 Å². The molecule has 0 radical (unpaired) electrons. The molecule has 0 fully saturated rings. The first-order chi connectivity index (χ1) is 7.98. The first-order valence-electron chi connectivity index (χ1n) is 5.55. The van der Waals surface area contributed by atoms with Crippen molar-refractivity contribution in [2.75, 3.05) is 20.8 Å². The molecule has 1 aromatic carbocycles. The van der Waals surface area contributed by atoms with Crippen LogP contribution in [0, 0.1) is 0 Å². The third kappa shape index (κ3) is 4.66. The van der Waals surface area contributed by atoms with E-state index in [0.29, 0.717) is 6.61 Å². The van der Waals surface area contributed by atoms with Crippen LogP contribution in [-0.2, 0) is 11.3 Å². The smallest absolute Gasteiger partial charge is 0.119 e. The van der Waals surface area contributed by atoms with Crippen LogP contribution in [0.15, 0.2) is 22.7 Å². The maximum absolute atomic E-state index is 5.22. The molecule has 0 saturated carbocycles. The van der Waals surface area contributed by atoms with Gasteiger partial charge in [-0.25, -0.2) is 0 Å². The van der Waals surface area contributed by atoms with E-state index in [1.807, 2.05) is 18.2 Å². The molecule has 0 unspecified atom stereocenters. The average molecular weight is 302 g/mol. The van der Waals surface area contributed by atoms with Gasteiger partial charge in [0.25, 0.3) is 0 Å². The Kier molecular flexibility index (Phi) is 5.43. The minimum atomic E-state index is -0.0444. The topological polar surface area (TPSA) is 30.5 Å². The lowest BCUT2D eigenvalue weighted by atomic mass is 10.1. The Hall–Kier alpha value is -0.580. The number of hydrogen-bond donors (Lipinski definition) is 1. The highest BCUT2D eigenvalue weighted by Crippen LogP contribution is 2.22. The van der Waals surface area contributed by atoms with Crippen molar-refractivity contribution in [2.24, 2.45) is 0 Å². The van der Waals surface area contributed by atoms with Crippen LogP contribution in [0.25, 0.3) is 0 Å². The number of nitrogens with one attached hydrogen (secondary N) is 1. The Balaban J connectivity index is 2.68. The molecule has 0 atom stereocenters. The molecule has 0 heterocycles. The third-order valence-corrected chi connectivity index (χ3v) is 3.29. The molecule has 0 bridgehead atoms. The van der Waals surface area contributed by atoms with Crippen LogP contribution in [0.4, 0.5) is 0 Å². The van der Waals surface area contributed by atoms with E-state index in [-0.39, 0.29) is 5.54 Å². The Labute approximate surface area is 112 Å². The lowest BCUT2D eigenvalue weighted by Gasteiger charge is -2.25. The van der Waals surface area contributed by atoms with Gasteiger partial charge in [0.15, 0.2) is 0 Å². The van der Waals surface area contributed by atoms with Crippen molar-refractivity contribution in [1.29, 1.82) is 0 Å². The molecule has 1 rings (SSSR count). The highest BCUT2D eigenvalue weighted by atomic mass is 79.9. The summed E-state index contributed by atoms with van der Waals surface area (Å²) in [5.74, 6) is 0.870. The zero-order valence-corrected chi connectivity index (χ0v) is 12.4. The molecule has 0 aromatic heterocycles. The lowest BCUT2D eigenvalue weighted by Crippen LogP contribution is -2.42. The van der Waals surface area contributed by atoms with E-state index in [9.17, 15) is 0 Å². The third-order valence-electron chi connectivity index (χ3n) is 2.52. The molecular weight excluding hydrogens is 282 g/mol. The molecule has 0 aliphatic carbocycles. The molecular formula is C13H20BrNO2. The van der Waals surface area contributed by atoms with E-state index in [4.69, 9.17) is 9.47 Å². The quantitative estimate of drug-likeness (QED) is 0.876. The van der Waals surface area contributed by atoms with Crippen molar-refractivity contribution in [3.05, 3.63) is 28.2 Å². The maximum atomic E-state index is 5.22. The van der Waals surface area contributed by atoms with Gasteiger partial charge >= 0.3 is 0 Å². The van der Waals surface area contributed by atoms with Gasteiger partial charge in [-0.3, -0.25) is 0 Å². The van der Waals surface area contributed by atoms with Crippen molar-refractivity contribution in [1.82, 2.24) is 5.32 Å². The standard InChI is InChI=1S/C13H20BrNO2/c1-13(2,9-16-3)15-8-10-7-11(17-4)5-6-12(10)14/h5-7,15H,8-9H2,1-4H3. The fourth-order valence-corrected chi connectivity index (χ4v) is 1.95. The fraction of sp³-hybridized carbons (Fsp3) is 0.538. The maximum Gasteiger partial charge on any atom is 0.119 e. The van der Waals surface area contributed by atoms with E-state index >= 15 is 0 Å². The summed E-state index contributed by atoms with van der Waals surface area (Å²) < 4.78 is 11.5. The zero-order valence-electron chi connectivity index (χ0n) is 10.8. The van der Waals surface area contributed by atoms with Crippen molar-refractivity contribution in [3.8, 4) is 5.75 Å². The molecule has 3 nitrogen and oxygen atoms in total. The van der Waals surface area contributed by atoms with Crippen LogP contribution < -0.4 is 10.1 Å². The molecule has 0 spiro atoms. The number of ether oxygens (including phenoxy) is 2. The van der Waals surface area contributed by atoms with Gasteiger partial charge in [0.1, 0.15) is 5.75 Å². The van der Waals surface area contributed by atoms with Crippen LogP contribution in [-0.4, -0.2) is 26.4 Å². The van der Waals surface area contributed by atoms with Gasteiger partial charge in [0.05, 0.1) is 13.7 Å². The Morgan fingerprint density at radius 1 is 1.29 bits per heavy atom. The van der Waals surface area contributed by atoms with E-state index in [2.05, 4.69) is 35.1 Å². The molecule has 0 aliphatic rings. The van der Waals surface area contributed by atoms with Gasteiger partial charge in [-0.2, -0.15) is 0 Å². The van der Waals surface area contributed by atoms with Crippen LogP contribution >= 0.6 is 15.9 Å². The van der Waals surface area contributed by atoms with Crippen LogP contribution in [0.2, 0.25) is 0 Å². The van der Waals surface area contributed by atoms with Gasteiger partial charge < -0.3 is 14.8 Å². The average Bonchev–Trinajstić information content (AvgIpc) is 2.28. The van der Waals surface area contributed by atoms with Gasteiger partial charge in [0.2, 0.25) is 0 Å². The summed E-state index contributed by atoms with van der Waals surface area (Å²) in [6, 6.07) is 5.97. The number of benzene rings is 1. The van der Waals surface area contributed by atoms with Gasteiger partial charge in [-0.15, -0.1) is 0 Å². The number of hydrogen-bond acceptors (Lipinski definition) is 3. The molecule has 1 N–H and O–H groups in total. The Morgan fingerprint density at radius 3 is 2.59 bits per heavy atom. The van der Waals surface area contributed by atoms with E-state index in [1.54, 1.807) is 14.2 Å². The van der Waals surface area contributed by atoms with Crippen LogP contribution in [0.1, 0.15) is 19.4 Å². The largest absolute Gasteiger partial charge is 0.497 e. The van der Waals surface area contributed by atoms with Crippen LogP contribution in [0.5, 0.6) is 5.75 Å². The summed E-state index contributed by atoms with van der Waals surface area (Å²) in [6.45, 7) is 5.68. The Morgan fingerprint density at radius 2 is 2.00 bits per heavy atom. The predicted molar refractivity (Wildman–Crippen MR) is 73.5 cm³/mol. The number of rotatable bonds is 6. The highest BCUT2D eigenvalue weighted by molar-refractivity contribution is 9.10. The monoisotopic (exact) mass is 301 g/mol. The molecule has 0 amide bonds. The van der Waals surface area contributed by atoms with Crippen LogP contribution in [0.3, 0.4) is 0 Å². The summed E-state index contributed by atoms with van der Waals surface area (Å²) in [5, 5.41) is 3.46. The minimum Gasteiger partial charge on any atom is -0.497 e. The van der Waals surface area contributed by atoms with Crippen molar-refractivity contribution in [3.63, 3.8) is 0 Å². The number of methoxy groups -OCH3 is 2. The van der Waals surface area contributed by atoms with Crippen molar-refractivity contribution in [2.45, 2.75) is 25.9 Å². The Bertz CT molecular complexity index is 366. The molecule has 0 saturated heterocycles. The summed E-state index contributed by atoms with van der Waals surface area (Å²) in [7, 11) is 3.39. The molecule has 96 valence electrons. The van der Waals surface area contributed by atoms with Gasteiger partial charge in [-0.05, 0) is 37.6 Å². The second kappa shape index (κ2) is 6.38. The molecule has 1 aromatic rings.